The first kappa shape index (κ1) is 20.4. The van der Waals surface area contributed by atoms with Crippen LogP contribution in [0.15, 0.2) is 30.3 Å². The average molecular weight is 334 g/mol. The first-order chi connectivity index (χ1) is 11.0. The minimum atomic E-state index is -1.31. The van der Waals surface area contributed by atoms with Crippen molar-refractivity contribution in [3.63, 3.8) is 0 Å². The predicted octanol–water partition coefficient (Wildman–Crippen LogP) is 7.03. The summed E-state index contributed by atoms with van der Waals surface area (Å²) in [6.45, 7) is 13.4. The molecular weight excluding hydrogens is 294 g/mol. The molecule has 0 heterocycles. The van der Waals surface area contributed by atoms with Gasteiger partial charge in [0.15, 0.2) is 0 Å². The summed E-state index contributed by atoms with van der Waals surface area (Å²) in [6, 6.07) is 11.8. The van der Waals surface area contributed by atoms with Crippen molar-refractivity contribution in [3.8, 4) is 0 Å². The molecule has 1 aromatic rings. The molecule has 132 valence electrons. The van der Waals surface area contributed by atoms with Crippen molar-refractivity contribution in [3.05, 3.63) is 35.9 Å². The molecule has 0 saturated heterocycles. The van der Waals surface area contributed by atoms with E-state index in [4.69, 9.17) is 0 Å². The molecule has 0 aliphatic heterocycles. The maximum atomic E-state index is 2.88. The molecule has 0 aliphatic rings. The van der Waals surface area contributed by atoms with Gasteiger partial charge in [0.1, 0.15) is 8.24 Å². The van der Waals surface area contributed by atoms with Gasteiger partial charge in [-0.3, -0.25) is 0 Å². The van der Waals surface area contributed by atoms with E-state index in [2.05, 4.69) is 68.4 Å². The van der Waals surface area contributed by atoms with E-state index in [0.717, 1.165) is 0 Å². The molecule has 0 spiro atoms. The molecule has 1 aromatic carbocycles. The Morgan fingerprint density at radius 1 is 0.826 bits per heavy atom. The van der Waals surface area contributed by atoms with Crippen LogP contribution in [0.2, 0.25) is 19.6 Å². The minimum absolute atomic E-state index is 0.614. The summed E-state index contributed by atoms with van der Waals surface area (Å²) in [6.07, 6.45) is 10.9. The van der Waals surface area contributed by atoms with Gasteiger partial charge >= 0.3 is 0 Å². The van der Waals surface area contributed by atoms with Gasteiger partial charge in [0.2, 0.25) is 0 Å². The van der Waals surface area contributed by atoms with Gasteiger partial charge in [-0.2, -0.15) is 0 Å². The number of benzene rings is 1. The molecule has 1 unspecified atom stereocenters. The molecule has 2 heteroatoms. The monoisotopic (exact) mass is 333 g/mol. The van der Waals surface area contributed by atoms with E-state index in [1.54, 1.807) is 0 Å². The number of hydrogen-bond donors (Lipinski definition) is 0. The van der Waals surface area contributed by atoms with E-state index in [-0.39, 0.29) is 0 Å². The molecule has 23 heavy (non-hydrogen) atoms. The Morgan fingerprint density at radius 3 is 2.00 bits per heavy atom. The van der Waals surface area contributed by atoms with E-state index in [0.29, 0.717) is 6.04 Å². The van der Waals surface area contributed by atoms with Gasteiger partial charge in [0.25, 0.3) is 0 Å². The second-order valence-electron chi connectivity index (χ2n) is 7.85. The largest absolute Gasteiger partial charge is 0.317 e. The molecule has 1 atom stereocenters. The third-order valence-corrected chi connectivity index (χ3v) is 7.00. The second kappa shape index (κ2) is 11.0. The van der Waals surface area contributed by atoms with Crippen LogP contribution in [0.4, 0.5) is 0 Å². The second-order valence-corrected chi connectivity index (χ2v) is 12.8. The number of nitrogens with zero attached hydrogens (tertiary/aromatic N) is 1. The summed E-state index contributed by atoms with van der Waals surface area (Å²) in [7, 11) is -1.31. The standard InChI is InChI=1S/C21H39NSi/c1-6-8-9-10-11-15-19-22(23(3,4)5)21(16-7-2)20-17-13-12-14-18-20/h12-14,17-18,21H,6-11,15-16,19H2,1-5H3. The zero-order valence-corrected chi connectivity index (χ0v) is 17.3. The zero-order valence-electron chi connectivity index (χ0n) is 16.3. The van der Waals surface area contributed by atoms with E-state index in [1.807, 2.05) is 0 Å². The fraction of sp³-hybridized carbons (Fsp3) is 0.714. The zero-order chi connectivity index (χ0) is 17.1. The van der Waals surface area contributed by atoms with Crippen molar-refractivity contribution in [2.75, 3.05) is 6.54 Å². The summed E-state index contributed by atoms with van der Waals surface area (Å²) in [5, 5.41) is 0. The van der Waals surface area contributed by atoms with Crippen LogP contribution in [0, 0.1) is 0 Å². The maximum absolute atomic E-state index is 2.88. The lowest BCUT2D eigenvalue weighted by molar-refractivity contribution is 0.294. The highest BCUT2D eigenvalue weighted by Crippen LogP contribution is 2.30. The molecule has 1 rings (SSSR count). The molecule has 1 nitrogen and oxygen atoms in total. The van der Waals surface area contributed by atoms with Crippen LogP contribution in [0.3, 0.4) is 0 Å². The lowest BCUT2D eigenvalue weighted by Crippen LogP contribution is -2.48. The molecule has 0 fully saturated rings. The quantitative estimate of drug-likeness (QED) is 0.293. The van der Waals surface area contributed by atoms with Gasteiger partial charge in [-0.15, -0.1) is 0 Å². The Bertz CT molecular complexity index is 396. The third-order valence-electron chi connectivity index (χ3n) is 4.74. The fourth-order valence-corrected chi connectivity index (χ4v) is 5.51. The number of rotatable bonds is 12. The van der Waals surface area contributed by atoms with Crippen molar-refractivity contribution < 1.29 is 0 Å². The van der Waals surface area contributed by atoms with Gasteiger partial charge in [0.05, 0.1) is 0 Å². The lowest BCUT2D eigenvalue weighted by atomic mass is 10.0. The van der Waals surface area contributed by atoms with Crippen molar-refractivity contribution >= 4 is 8.24 Å². The van der Waals surface area contributed by atoms with Crippen LogP contribution in [-0.2, 0) is 0 Å². The Morgan fingerprint density at radius 2 is 1.43 bits per heavy atom. The molecule has 0 aromatic heterocycles. The molecule has 0 amide bonds. The SMILES string of the molecule is CCCCCCCCN(C(CCC)c1ccccc1)[Si](C)(C)C. The summed E-state index contributed by atoms with van der Waals surface area (Å²) < 4.78 is 2.88. The van der Waals surface area contributed by atoms with Crippen LogP contribution in [0.25, 0.3) is 0 Å². The number of hydrogen-bond acceptors (Lipinski definition) is 1. The van der Waals surface area contributed by atoms with Gasteiger partial charge < -0.3 is 4.57 Å². The van der Waals surface area contributed by atoms with Crippen molar-refractivity contribution in [1.82, 2.24) is 4.57 Å². The van der Waals surface area contributed by atoms with Gasteiger partial charge in [-0.1, -0.05) is 102 Å². The molecule has 0 bridgehead atoms. The van der Waals surface area contributed by atoms with Crippen LogP contribution < -0.4 is 0 Å². The highest BCUT2D eigenvalue weighted by Gasteiger charge is 2.30. The first-order valence-corrected chi connectivity index (χ1v) is 13.3. The third kappa shape index (κ3) is 7.67. The topological polar surface area (TPSA) is 3.24 Å². The van der Waals surface area contributed by atoms with Crippen molar-refractivity contribution in [2.45, 2.75) is 90.9 Å². The van der Waals surface area contributed by atoms with E-state index < -0.39 is 8.24 Å². The smallest absolute Gasteiger partial charge is 0.119 e. The highest BCUT2D eigenvalue weighted by molar-refractivity contribution is 6.73. The van der Waals surface area contributed by atoms with Gasteiger partial charge in [0, 0.05) is 6.04 Å². The summed E-state index contributed by atoms with van der Waals surface area (Å²) in [5.74, 6) is 0. The Balaban J connectivity index is 2.70. The molecule has 0 radical (unpaired) electrons. The van der Waals surface area contributed by atoms with E-state index in [9.17, 15) is 0 Å². The molecule has 0 aliphatic carbocycles. The first-order valence-electron chi connectivity index (χ1n) is 9.82. The van der Waals surface area contributed by atoms with Crippen LogP contribution >= 0.6 is 0 Å². The summed E-state index contributed by atoms with van der Waals surface area (Å²) in [5.41, 5.74) is 1.52. The Hall–Kier alpha value is -0.603. The normalized spacial score (nSPS) is 13.5. The molecule has 0 N–H and O–H groups in total. The predicted molar refractivity (Wildman–Crippen MR) is 108 cm³/mol. The van der Waals surface area contributed by atoms with Gasteiger partial charge in [-0.25, -0.2) is 0 Å². The van der Waals surface area contributed by atoms with Crippen LogP contribution in [-0.4, -0.2) is 19.3 Å². The Labute approximate surface area is 146 Å². The van der Waals surface area contributed by atoms with Crippen molar-refractivity contribution in [1.29, 1.82) is 0 Å². The minimum Gasteiger partial charge on any atom is -0.317 e. The Kier molecular flexibility index (Phi) is 9.81. The van der Waals surface area contributed by atoms with Crippen molar-refractivity contribution in [2.24, 2.45) is 0 Å². The average Bonchev–Trinajstić information content (AvgIpc) is 2.52. The van der Waals surface area contributed by atoms with Gasteiger partial charge in [-0.05, 0) is 24.9 Å². The number of unbranched alkanes of at least 4 members (excludes halogenated alkanes) is 5. The van der Waals surface area contributed by atoms with Crippen LogP contribution in [0.5, 0.6) is 0 Å². The fourth-order valence-electron chi connectivity index (χ4n) is 3.47. The van der Waals surface area contributed by atoms with E-state index >= 15 is 0 Å². The molecule has 0 saturated carbocycles. The van der Waals surface area contributed by atoms with Crippen LogP contribution in [0.1, 0.15) is 76.8 Å². The highest BCUT2D eigenvalue weighted by atomic mass is 28.3. The summed E-state index contributed by atoms with van der Waals surface area (Å²) >= 11 is 0. The van der Waals surface area contributed by atoms with E-state index in [1.165, 1.54) is 63.5 Å². The maximum Gasteiger partial charge on any atom is 0.119 e. The lowest BCUT2D eigenvalue weighted by Gasteiger charge is -2.41. The summed E-state index contributed by atoms with van der Waals surface area (Å²) in [4.78, 5) is 0. The molecular formula is C21H39NSi.